The Morgan fingerprint density at radius 1 is 0.912 bits per heavy atom. The molecular weight excluding hydrogens is 428 g/mol. The second-order valence-corrected chi connectivity index (χ2v) is 9.05. The predicted molar refractivity (Wildman–Crippen MR) is 129 cm³/mol. The van der Waals surface area contributed by atoms with Gasteiger partial charge in [0.15, 0.2) is 0 Å². The van der Waals surface area contributed by atoms with Crippen LogP contribution in [0.15, 0.2) is 60.7 Å². The van der Waals surface area contributed by atoms with Crippen molar-refractivity contribution in [3.8, 4) is 11.3 Å². The smallest absolute Gasteiger partial charge is 0.226 e. The van der Waals surface area contributed by atoms with Gasteiger partial charge in [-0.1, -0.05) is 54.1 Å². The predicted octanol–water partition coefficient (Wildman–Crippen LogP) is 2.59. The second kappa shape index (κ2) is 9.25. The van der Waals surface area contributed by atoms with Crippen molar-refractivity contribution >= 4 is 28.7 Å². The highest BCUT2D eigenvalue weighted by molar-refractivity contribution is 5.93. The first-order chi connectivity index (χ1) is 16.5. The first kappa shape index (κ1) is 22.1. The highest BCUT2D eigenvalue weighted by Crippen LogP contribution is 2.30. The molecule has 5 rings (SSSR count). The van der Waals surface area contributed by atoms with Gasteiger partial charge in [-0.15, -0.1) is 0 Å². The maximum atomic E-state index is 13.1. The molecule has 2 aliphatic rings. The van der Waals surface area contributed by atoms with Crippen molar-refractivity contribution in [1.29, 1.82) is 0 Å². The lowest BCUT2D eigenvalue weighted by Gasteiger charge is -2.38. The molecule has 0 spiro atoms. The Morgan fingerprint density at radius 2 is 1.62 bits per heavy atom. The summed E-state index contributed by atoms with van der Waals surface area (Å²) in [5.41, 5.74) is 3.97. The molecule has 34 heavy (non-hydrogen) atoms. The Balaban J connectivity index is 1.38. The first-order valence-electron chi connectivity index (χ1n) is 11.7. The molecule has 1 aliphatic heterocycles. The Hall–Kier alpha value is -3.74. The minimum atomic E-state index is -1.14. The van der Waals surface area contributed by atoms with Crippen molar-refractivity contribution < 1.29 is 14.7 Å². The van der Waals surface area contributed by atoms with E-state index in [1.165, 1.54) is 0 Å². The number of anilines is 1. The number of benzene rings is 2. The molecule has 7 heteroatoms. The Morgan fingerprint density at radius 3 is 2.32 bits per heavy atom. The summed E-state index contributed by atoms with van der Waals surface area (Å²) < 4.78 is 0. The molecule has 2 heterocycles. The van der Waals surface area contributed by atoms with Crippen LogP contribution in [0.4, 0.5) is 5.95 Å². The van der Waals surface area contributed by atoms with E-state index in [2.05, 4.69) is 36.1 Å². The monoisotopic (exact) mass is 455 g/mol. The molecule has 1 aliphatic carbocycles. The van der Waals surface area contributed by atoms with Crippen LogP contribution in [-0.4, -0.2) is 52.9 Å². The second-order valence-electron chi connectivity index (χ2n) is 9.05. The third kappa shape index (κ3) is 4.25. The lowest BCUT2D eigenvalue weighted by Crippen LogP contribution is -2.53. The van der Waals surface area contributed by atoms with Crippen LogP contribution in [0.2, 0.25) is 0 Å². The zero-order valence-corrected chi connectivity index (χ0v) is 19.2. The number of carbonyl (C=O) groups excluding carboxylic acids is 2. The van der Waals surface area contributed by atoms with E-state index in [-0.39, 0.29) is 5.91 Å². The molecule has 1 amide bonds. The highest BCUT2D eigenvalue weighted by Gasteiger charge is 2.34. The lowest BCUT2D eigenvalue weighted by molar-refractivity contribution is -0.313. The molecule has 3 aromatic rings. The molecule has 1 fully saturated rings. The van der Waals surface area contributed by atoms with Gasteiger partial charge < -0.3 is 19.7 Å². The summed E-state index contributed by atoms with van der Waals surface area (Å²) >= 11 is 0. The van der Waals surface area contributed by atoms with Crippen LogP contribution in [0.1, 0.15) is 18.4 Å². The van der Waals surface area contributed by atoms with Crippen molar-refractivity contribution in [2.24, 2.45) is 11.8 Å². The molecule has 1 aromatic heterocycles. The van der Waals surface area contributed by atoms with Crippen LogP contribution in [0, 0.1) is 18.8 Å². The van der Waals surface area contributed by atoms with Gasteiger partial charge in [0, 0.05) is 54.9 Å². The van der Waals surface area contributed by atoms with Gasteiger partial charge in [-0.2, -0.15) is 0 Å². The fraction of sp³-hybridized carbons (Fsp3) is 0.333. The molecule has 174 valence electrons. The third-order valence-electron chi connectivity index (χ3n) is 6.81. The number of aliphatic carboxylic acids is 1. The topological polar surface area (TPSA) is 89.5 Å². The SMILES string of the molecule is Cc1ccc2nc(N3CCN(C(=O)C4CC=CCC4C(=O)[O-])CC3)nc(-c3ccccc3)c2c1. The molecule has 2 unspecified atom stereocenters. The molecule has 0 saturated carbocycles. The quantitative estimate of drug-likeness (QED) is 0.562. The van der Waals surface area contributed by atoms with E-state index in [0.717, 1.165) is 27.7 Å². The van der Waals surface area contributed by atoms with Gasteiger partial charge in [-0.3, -0.25) is 4.79 Å². The van der Waals surface area contributed by atoms with E-state index in [0.29, 0.717) is 45.0 Å². The molecule has 7 nitrogen and oxygen atoms in total. The molecule has 2 aromatic carbocycles. The van der Waals surface area contributed by atoms with Crippen LogP contribution in [0.3, 0.4) is 0 Å². The molecule has 1 saturated heterocycles. The molecule has 0 radical (unpaired) electrons. The van der Waals surface area contributed by atoms with Gasteiger partial charge >= 0.3 is 0 Å². The zero-order chi connectivity index (χ0) is 23.7. The average molecular weight is 456 g/mol. The van der Waals surface area contributed by atoms with Crippen LogP contribution < -0.4 is 10.0 Å². The lowest BCUT2D eigenvalue weighted by atomic mass is 9.82. The van der Waals surface area contributed by atoms with Crippen LogP contribution in [0.5, 0.6) is 0 Å². The number of aryl methyl sites for hydroxylation is 1. The number of amides is 1. The van der Waals surface area contributed by atoms with E-state index in [9.17, 15) is 14.7 Å². The largest absolute Gasteiger partial charge is 0.550 e. The summed E-state index contributed by atoms with van der Waals surface area (Å²) in [7, 11) is 0. The summed E-state index contributed by atoms with van der Waals surface area (Å²) in [6.45, 7) is 4.26. The van der Waals surface area contributed by atoms with Crippen molar-refractivity contribution in [3.05, 3.63) is 66.2 Å². The van der Waals surface area contributed by atoms with Gasteiger partial charge in [0.2, 0.25) is 11.9 Å². The number of carbonyl (C=O) groups is 2. The number of allylic oxidation sites excluding steroid dienone is 2. The van der Waals surface area contributed by atoms with E-state index in [1.807, 2.05) is 36.4 Å². The van der Waals surface area contributed by atoms with Crippen molar-refractivity contribution in [3.63, 3.8) is 0 Å². The van der Waals surface area contributed by atoms with Crippen LogP contribution >= 0.6 is 0 Å². The summed E-state index contributed by atoms with van der Waals surface area (Å²) in [5.74, 6) is -1.90. The first-order valence-corrected chi connectivity index (χ1v) is 11.7. The van der Waals surface area contributed by atoms with Crippen molar-refractivity contribution in [1.82, 2.24) is 14.9 Å². The van der Waals surface area contributed by atoms with E-state index in [1.54, 1.807) is 4.90 Å². The van der Waals surface area contributed by atoms with Gasteiger partial charge in [0.25, 0.3) is 0 Å². The van der Waals surface area contributed by atoms with E-state index in [4.69, 9.17) is 9.97 Å². The Labute approximate surface area is 198 Å². The molecule has 0 bridgehead atoms. The van der Waals surface area contributed by atoms with Gasteiger partial charge in [-0.05, 0) is 31.9 Å². The number of rotatable bonds is 4. The molecule has 2 atom stereocenters. The number of hydrogen-bond acceptors (Lipinski definition) is 6. The van der Waals surface area contributed by atoms with E-state index >= 15 is 0 Å². The maximum Gasteiger partial charge on any atom is 0.226 e. The molecule has 0 N–H and O–H groups in total. The average Bonchev–Trinajstić information content (AvgIpc) is 2.88. The Bertz CT molecular complexity index is 1250. The van der Waals surface area contributed by atoms with Crippen molar-refractivity contribution in [2.75, 3.05) is 31.1 Å². The number of aromatic nitrogens is 2. The van der Waals surface area contributed by atoms with Gasteiger partial charge in [0.05, 0.1) is 11.2 Å². The van der Waals surface area contributed by atoms with Gasteiger partial charge in [0.1, 0.15) is 0 Å². The minimum Gasteiger partial charge on any atom is -0.550 e. The Kier molecular flexibility index (Phi) is 6.01. The highest BCUT2D eigenvalue weighted by atomic mass is 16.4. The number of nitrogens with zero attached hydrogens (tertiary/aromatic N) is 4. The fourth-order valence-corrected chi connectivity index (χ4v) is 4.90. The maximum absolute atomic E-state index is 13.1. The minimum absolute atomic E-state index is 0.0990. The summed E-state index contributed by atoms with van der Waals surface area (Å²) in [6.07, 6.45) is 4.52. The summed E-state index contributed by atoms with van der Waals surface area (Å²) in [6, 6.07) is 16.3. The van der Waals surface area contributed by atoms with E-state index < -0.39 is 17.8 Å². The number of piperazine rings is 1. The van der Waals surface area contributed by atoms with Crippen molar-refractivity contribution in [2.45, 2.75) is 19.8 Å². The summed E-state index contributed by atoms with van der Waals surface area (Å²) in [4.78, 5) is 38.3. The van der Waals surface area contributed by atoms with Gasteiger partial charge in [-0.25, -0.2) is 9.97 Å². The standard InChI is InChI=1S/C27H28N4O3/c1-18-11-12-23-22(17-18)24(19-7-3-2-4-8-19)29-27(28-23)31-15-13-30(14-16-31)25(32)20-9-5-6-10-21(20)26(33)34/h2-8,11-12,17,20-21H,9-10,13-16H2,1H3,(H,33,34)/p-1. The number of carboxylic acids is 1. The number of fused-ring (bicyclic) bond motifs is 1. The zero-order valence-electron chi connectivity index (χ0n) is 19.2. The number of hydrogen-bond donors (Lipinski definition) is 0. The summed E-state index contributed by atoms with van der Waals surface area (Å²) in [5, 5.41) is 12.5. The third-order valence-corrected chi connectivity index (χ3v) is 6.81. The molecular formula is C27H27N4O3-. The van der Waals surface area contributed by atoms with Crippen LogP contribution in [0.25, 0.3) is 22.2 Å². The fourth-order valence-electron chi connectivity index (χ4n) is 4.90. The number of carboxylic acid groups (broad SMARTS) is 1. The van der Waals surface area contributed by atoms with Crippen LogP contribution in [-0.2, 0) is 9.59 Å². The normalized spacial score (nSPS) is 20.5.